The molecule has 1 aromatic heterocycles. The van der Waals surface area contributed by atoms with Crippen LogP contribution in [0.4, 0.5) is 11.8 Å². The topological polar surface area (TPSA) is 87.0 Å². The first-order valence-corrected chi connectivity index (χ1v) is 4.74. The smallest absolute Gasteiger partial charge is 0.228 e. The molecule has 0 saturated carbocycles. The fourth-order valence-corrected chi connectivity index (χ4v) is 1.50. The van der Waals surface area contributed by atoms with E-state index in [-0.39, 0.29) is 5.95 Å². The number of methoxy groups -OCH3 is 1. The molecule has 0 aliphatic carbocycles. The number of nitrogen functional groups attached to an aromatic ring is 2. The first kappa shape index (κ1) is 10.2. The lowest BCUT2D eigenvalue weighted by molar-refractivity contribution is 0.400. The van der Waals surface area contributed by atoms with Crippen molar-refractivity contribution >= 4 is 11.8 Å². The maximum atomic E-state index is 5.82. The Morgan fingerprint density at radius 3 is 2.38 bits per heavy atom. The van der Waals surface area contributed by atoms with E-state index in [0.29, 0.717) is 17.3 Å². The van der Waals surface area contributed by atoms with Crippen molar-refractivity contribution < 1.29 is 4.74 Å². The molecular formula is C11H12N4O. The lowest BCUT2D eigenvalue weighted by Gasteiger charge is -2.10. The van der Waals surface area contributed by atoms with E-state index in [1.54, 1.807) is 0 Å². The zero-order chi connectivity index (χ0) is 11.5. The molecule has 82 valence electrons. The predicted molar refractivity (Wildman–Crippen MR) is 62.8 cm³/mol. The van der Waals surface area contributed by atoms with Crippen LogP contribution in [0.3, 0.4) is 0 Å². The summed E-state index contributed by atoms with van der Waals surface area (Å²) in [5.41, 5.74) is 12.9. The molecule has 1 aromatic carbocycles. The Hall–Kier alpha value is -2.30. The van der Waals surface area contributed by atoms with Crippen molar-refractivity contribution in [2.24, 2.45) is 0 Å². The average Bonchev–Trinajstić information content (AvgIpc) is 2.29. The Morgan fingerprint density at radius 2 is 1.75 bits per heavy atom. The number of anilines is 2. The molecule has 0 aliphatic heterocycles. The van der Waals surface area contributed by atoms with Crippen LogP contribution < -0.4 is 16.2 Å². The molecular weight excluding hydrogens is 204 g/mol. The van der Waals surface area contributed by atoms with Gasteiger partial charge in [-0.25, -0.2) is 0 Å². The fourth-order valence-electron chi connectivity index (χ4n) is 1.50. The average molecular weight is 216 g/mol. The van der Waals surface area contributed by atoms with Crippen LogP contribution in [0.25, 0.3) is 11.1 Å². The molecule has 5 heteroatoms. The molecule has 4 N–H and O–H groups in total. The summed E-state index contributed by atoms with van der Waals surface area (Å²) >= 11 is 0. The third-order valence-corrected chi connectivity index (χ3v) is 2.18. The van der Waals surface area contributed by atoms with E-state index >= 15 is 0 Å². The lowest BCUT2D eigenvalue weighted by Crippen LogP contribution is -2.04. The van der Waals surface area contributed by atoms with Crippen LogP contribution in [0.15, 0.2) is 30.3 Å². The molecule has 0 fully saturated rings. The molecule has 0 unspecified atom stereocenters. The van der Waals surface area contributed by atoms with Gasteiger partial charge >= 0.3 is 0 Å². The Bertz CT molecular complexity index is 499. The van der Waals surface area contributed by atoms with Gasteiger partial charge in [0.05, 0.1) is 12.7 Å². The van der Waals surface area contributed by atoms with Gasteiger partial charge in [-0.1, -0.05) is 30.3 Å². The molecule has 0 amide bonds. The molecule has 2 aromatic rings. The van der Waals surface area contributed by atoms with Gasteiger partial charge in [-0.3, -0.25) is 0 Å². The summed E-state index contributed by atoms with van der Waals surface area (Å²) in [4.78, 5) is 7.92. The van der Waals surface area contributed by atoms with Gasteiger partial charge in [0.2, 0.25) is 11.8 Å². The van der Waals surface area contributed by atoms with Crippen LogP contribution in [0.1, 0.15) is 0 Å². The molecule has 2 rings (SSSR count). The summed E-state index contributed by atoms with van der Waals surface area (Å²) in [6, 6.07) is 9.56. The van der Waals surface area contributed by atoms with Crippen molar-refractivity contribution in [2.45, 2.75) is 0 Å². The van der Waals surface area contributed by atoms with Crippen LogP contribution in [0.5, 0.6) is 5.88 Å². The summed E-state index contributed by atoms with van der Waals surface area (Å²) < 4.78 is 5.15. The number of hydrogen-bond donors (Lipinski definition) is 2. The molecule has 0 spiro atoms. The molecule has 0 bridgehead atoms. The van der Waals surface area contributed by atoms with E-state index in [2.05, 4.69) is 9.97 Å². The molecule has 5 nitrogen and oxygen atoms in total. The molecule has 1 heterocycles. The predicted octanol–water partition coefficient (Wildman–Crippen LogP) is 1.32. The SMILES string of the molecule is COc1nc(N)nc(N)c1-c1ccccc1. The van der Waals surface area contributed by atoms with E-state index in [0.717, 1.165) is 5.56 Å². The number of ether oxygens (including phenoxy) is 1. The minimum atomic E-state index is 0.106. The van der Waals surface area contributed by atoms with Gasteiger partial charge in [-0.15, -0.1) is 0 Å². The first-order chi connectivity index (χ1) is 7.72. The maximum absolute atomic E-state index is 5.82. The summed E-state index contributed by atoms with van der Waals surface area (Å²) in [6.07, 6.45) is 0. The number of aromatic nitrogens is 2. The molecule has 16 heavy (non-hydrogen) atoms. The van der Waals surface area contributed by atoms with Gasteiger partial charge in [0.25, 0.3) is 0 Å². The second-order valence-electron chi connectivity index (χ2n) is 3.22. The maximum Gasteiger partial charge on any atom is 0.228 e. The van der Waals surface area contributed by atoms with Crippen molar-refractivity contribution in [3.63, 3.8) is 0 Å². The largest absolute Gasteiger partial charge is 0.480 e. The number of rotatable bonds is 2. The van der Waals surface area contributed by atoms with E-state index in [1.165, 1.54) is 7.11 Å². The van der Waals surface area contributed by atoms with Gasteiger partial charge in [0.15, 0.2) is 0 Å². The highest BCUT2D eigenvalue weighted by Crippen LogP contribution is 2.32. The molecule has 0 saturated heterocycles. The van der Waals surface area contributed by atoms with Crippen LogP contribution in [0.2, 0.25) is 0 Å². The monoisotopic (exact) mass is 216 g/mol. The summed E-state index contributed by atoms with van der Waals surface area (Å²) in [7, 11) is 1.52. The Labute approximate surface area is 93.1 Å². The fraction of sp³-hybridized carbons (Fsp3) is 0.0909. The minimum absolute atomic E-state index is 0.106. The number of nitrogens with two attached hydrogens (primary N) is 2. The van der Waals surface area contributed by atoms with Gasteiger partial charge in [-0.05, 0) is 5.56 Å². The van der Waals surface area contributed by atoms with Crippen molar-refractivity contribution in [2.75, 3.05) is 18.6 Å². The highest BCUT2D eigenvalue weighted by Gasteiger charge is 2.13. The summed E-state index contributed by atoms with van der Waals surface area (Å²) in [5, 5.41) is 0. The molecule has 0 aliphatic rings. The third-order valence-electron chi connectivity index (χ3n) is 2.18. The van der Waals surface area contributed by atoms with Gasteiger partial charge in [0.1, 0.15) is 5.82 Å². The minimum Gasteiger partial charge on any atom is -0.480 e. The second-order valence-corrected chi connectivity index (χ2v) is 3.22. The van der Waals surface area contributed by atoms with E-state index in [4.69, 9.17) is 16.2 Å². The highest BCUT2D eigenvalue weighted by molar-refractivity contribution is 5.78. The normalized spacial score (nSPS) is 10.1. The Balaban J connectivity index is 2.64. The van der Waals surface area contributed by atoms with Crippen molar-refractivity contribution in [3.05, 3.63) is 30.3 Å². The molecule has 0 radical (unpaired) electrons. The lowest BCUT2D eigenvalue weighted by atomic mass is 10.1. The van der Waals surface area contributed by atoms with E-state index in [9.17, 15) is 0 Å². The first-order valence-electron chi connectivity index (χ1n) is 4.74. The van der Waals surface area contributed by atoms with Crippen molar-refractivity contribution in [1.82, 2.24) is 9.97 Å². The summed E-state index contributed by atoms with van der Waals surface area (Å²) in [6.45, 7) is 0. The number of hydrogen-bond acceptors (Lipinski definition) is 5. The van der Waals surface area contributed by atoms with E-state index < -0.39 is 0 Å². The standard InChI is InChI=1S/C11H12N4O/c1-16-10-8(7-5-3-2-4-6-7)9(12)14-11(13)15-10/h2-6H,1H3,(H4,12,13,14,15). The number of nitrogens with zero attached hydrogens (tertiary/aromatic N) is 2. The van der Waals surface area contributed by atoms with Crippen LogP contribution in [-0.2, 0) is 0 Å². The van der Waals surface area contributed by atoms with Crippen LogP contribution >= 0.6 is 0 Å². The summed E-state index contributed by atoms with van der Waals surface area (Å²) in [5.74, 6) is 0.806. The Morgan fingerprint density at radius 1 is 1.06 bits per heavy atom. The van der Waals surface area contributed by atoms with E-state index in [1.807, 2.05) is 30.3 Å². The van der Waals surface area contributed by atoms with Gasteiger partial charge < -0.3 is 16.2 Å². The highest BCUT2D eigenvalue weighted by atomic mass is 16.5. The Kier molecular flexibility index (Phi) is 2.59. The number of benzene rings is 1. The van der Waals surface area contributed by atoms with Gasteiger partial charge in [-0.2, -0.15) is 9.97 Å². The third kappa shape index (κ3) is 1.75. The zero-order valence-corrected chi connectivity index (χ0v) is 8.84. The van der Waals surface area contributed by atoms with Crippen molar-refractivity contribution in [3.8, 4) is 17.0 Å². The second kappa shape index (κ2) is 4.06. The van der Waals surface area contributed by atoms with Crippen LogP contribution in [0, 0.1) is 0 Å². The van der Waals surface area contributed by atoms with Gasteiger partial charge in [0, 0.05) is 0 Å². The van der Waals surface area contributed by atoms with Crippen LogP contribution in [-0.4, -0.2) is 17.1 Å². The quantitative estimate of drug-likeness (QED) is 0.790. The zero-order valence-electron chi connectivity index (χ0n) is 8.84. The van der Waals surface area contributed by atoms with Crippen molar-refractivity contribution in [1.29, 1.82) is 0 Å². The molecule has 0 atom stereocenters.